The summed E-state index contributed by atoms with van der Waals surface area (Å²) in [5.41, 5.74) is 4.49. The third-order valence-electron chi connectivity index (χ3n) is 3.77. The van der Waals surface area contributed by atoms with E-state index in [0.717, 1.165) is 5.39 Å². The fraction of sp³-hybridized carbons (Fsp3) is 0. The predicted octanol–water partition coefficient (Wildman–Crippen LogP) is 4.72. The molecule has 0 spiro atoms. The van der Waals surface area contributed by atoms with E-state index < -0.39 is 5.63 Å². The minimum Gasteiger partial charge on any atom is -0.506 e. The van der Waals surface area contributed by atoms with Crippen LogP contribution in [0.2, 0.25) is 5.02 Å². The summed E-state index contributed by atoms with van der Waals surface area (Å²) in [6.45, 7) is 0. The summed E-state index contributed by atoms with van der Waals surface area (Å²) in [4.78, 5) is 16.6. The minimum absolute atomic E-state index is 0.0137. The Kier molecular flexibility index (Phi) is 4.62. The topological polar surface area (TPSA) is 87.7 Å². The van der Waals surface area contributed by atoms with Gasteiger partial charge >= 0.3 is 5.63 Å². The Morgan fingerprint density at radius 3 is 2.93 bits per heavy atom. The van der Waals surface area contributed by atoms with Crippen LogP contribution >= 0.6 is 22.9 Å². The number of nitrogens with zero attached hydrogens (tertiary/aromatic N) is 2. The monoisotopic (exact) mass is 397 g/mol. The highest BCUT2D eigenvalue weighted by atomic mass is 35.5. The molecular weight excluding hydrogens is 386 g/mol. The fourth-order valence-electron chi connectivity index (χ4n) is 2.46. The molecule has 2 aromatic carbocycles. The van der Waals surface area contributed by atoms with Gasteiger partial charge in [0.25, 0.3) is 0 Å². The maximum Gasteiger partial charge on any atom is 0.345 e. The molecule has 0 amide bonds. The number of aromatic hydroxyl groups is 1. The van der Waals surface area contributed by atoms with Crippen molar-refractivity contribution in [3.05, 3.63) is 74.9 Å². The third kappa shape index (κ3) is 3.69. The summed E-state index contributed by atoms with van der Waals surface area (Å²) in [5.74, 6) is -0.0137. The van der Waals surface area contributed by atoms with E-state index in [1.165, 1.54) is 23.6 Å². The predicted molar refractivity (Wildman–Crippen MR) is 108 cm³/mol. The van der Waals surface area contributed by atoms with Gasteiger partial charge < -0.3 is 9.52 Å². The molecule has 6 nitrogen and oxygen atoms in total. The van der Waals surface area contributed by atoms with Gasteiger partial charge in [-0.15, -0.1) is 11.3 Å². The lowest BCUT2D eigenvalue weighted by Gasteiger charge is -1.99. The van der Waals surface area contributed by atoms with E-state index >= 15 is 0 Å². The van der Waals surface area contributed by atoms with Gasteiger partial charge in [-0.1, -0.05) is 35.9 Å². The van der Waals surface area contributed by atoms with E-state index in [4.69, 9.17) is 16.0 Å². The van der Waals surface area contributed by atoms with Gasteiger partial charge in [0, 0.05) is 10.8 Å². The molecule has 2 heterocycles. The summed E-state index contributed by atoms with van der Waals surface area (Å²) in [7, 11) is 0. The molecule has 4 rings (SSSR count). The van der Waals surface area contributed by atoms with E-state index in [9.17, 15) is 9.90 Å². The van der Waals surface area contributed by atoms with Gasteiger partial charge in [0.15, 0.2) is 0 Å². The van der Waals surface area contributed by atoms with Crippen LogP contribution in [0.5, 0.6) is 5.75 Å². The summed E-state index contributed by atoms with van der Waals surface area (Å²) in [6, 6.07) is 13.9. The standard InChI is InChI=1S/C19H12ClN3O3S/c20-14-6-5-11(7-16(14)24)9-21-23-19-22-15(10-27-19)13-8-12-3-1-2-4-17(12)26-18(13)25/h1-10,24H,(H,22,23)/b21-9+. The van der Waals surface area contributed by atoms with Crippen molar-refractivity contribution in [3.8, 4) is 17.0 Å². The van der Waals surface area contributed by atoms with Gasteiger partial charge in [0.1, 0.15) is 11.3 Å². The first-order chi connectivity index (χ1) is 13.1. The molecule has 0 radical (unpaired) electrons. The Bertz CT molecular complexity index is 1220. The van der Waals surface area contributed by atoms with Crippen LogP contribution in [0.1, 0.15) is 5.56 Å². The second-order valence-corrected chi connectivity index (χ2v) is 6.87. The van der Waals surface area contributed by atoms with Gasteiger partial charge in [-0.25, -0.2) is 9.78 Å². The van der Waals surface area contributed by atoms with E-state index in [1.807, 2.05) is 18.2 Å². The van der Waals surface area contributed by atoms with Gasteiger partial charge in [-0.2, -0.15) is 5.10 Å². The first-order valence-corrected chi connectivity index (χ1v) is 9.12. The number of hydrazone groups is 1. The van der Waals surface area contributed by atoms with Crippen molar-refractivity contribution in [1.29, 1.82) is 0 Å². The molecule has 0 aliphatic rings. The van der Waals surface area contributed by atoms with Crippen molar-refractivity contribution < 1.29 is 9.52 Å². The van der Waals surface area contributed by atoms with Crippen LogP contribution in [0.4, 0.5) is 5.13 Å². The zero-order valence-electron chi connectivity index (χ0n) is 13.7. The molecule has 0 aliphatic carbocycles. The first kappa shape index (κ1) is 17.3. The number of fused-ring (bicyclic) bond motifs is 1. The van der Waals surface area contributed by atoms with E-state index in [-0.39, 0.29) is 10.8 Å². The lowest BCUT2D eigenvalue weighted by molar-refractivity contribution is 0.475. The molecule has 0 saturated carbocycles. The van der Waals surface area contributed by atoms with Gasteiger partial charge in [-0.05, 0) is 29.8 Å². The average Bonchev–Trinajstić information content (AvgIpc) is 3.13. The number of hydrogen-bond donors (Lipinski definition) is 2. The second kappa shape index (κ2) is 7.22. The van der Waals surface area contributed by atoms with Crippen molar-refractivity contribution in [2.45, 2.75) is 0 Å². The number of halogens is 1. The van der Waals surface area contributed by atoms with Crippen molar-refractivity contribution in [1.82, 2.24) is 4.98 Å². The van der Waals surface area contributed by atoms with Crippen LogP contribution < -0.4 is 11.1 Å². The third-order valence-corrected chi connectivity index (χ3v) is 4.83. The molecule has 2 aromatic heterocycles. The van der Waals surface area contributed by atoms with Crippen LogP contribution in [-0.4, -0.2) is 16.3 Å². The van der Waals surface area contributed by atoms with E-state index in [1.54, 1.807) is 29.6 Å². The van der Waals surface area contributed by atoms with Crippen LogP contribution in [0.25, 0.3) is 22.2 Å². The molecule has 134 valence electrons. The van der Waals surface area contributed by atoms with Crippen molar-refractivity contribution >= 4 is 45.3 Å². The second-order valence-electron chi connectivity index (χ2n) is 5.60. The normalized spacial score (nSPS) is 11.3. The fourth-order valence-corrected chi connectivity index (χ4v) is 3.24. The Morgan fingerprint density at radius 2 is 2.07 bits per heavy atom. The van der Waals surface area contributed by atoms with Gasteiger partial charge in [0.05, 0.1) is 22.5 Å². The van der Waals surface area contributed by atoms with Crippen LogP contribution in [-0.2, 0) is 0 Å². The van der Waals surface area contributed by atoms with Crippen molar-refractivity contribution in [2.24, 2.45) is 5.10 Å². The highest BCUT2D eigenvalue weighted by Gasteiger charge is 2.11. The molecule has 0 atom stereocenters. The van der Waals surface area contributed by atoms with Crippen LogP contribution in [0.15, 0.2) is 68.2 Å². The maximum atomic E-state index is 12.2. The molecule has 4 aromatic rings. The number of rotatable bonds is 4. The SMILES string of the molecule is O=c1oc2ccccc2cc1-c1csc(N/N=C/c2ccc(Cl)c(O)c2)n1. The summed E-state index contributed by atoms with van der Waals surface area (Å²) < 4.78 is 5.34. The highest BCUT2D eigenvalue weighted by Crippen LogP contribution is 2.25. The van der Waals surface area contributed by atoms with Crippen LogP contribution in [0, 0.1) is 0 Å². The number of phenols is 1. The largest absolute Gasteiger partial charge is 0.506 e. The number of para-hydroxylation sites is 1. The van der Waals surface area contributed by atoms with Gasteiger partial charge in [-0.3, -0.25) is 5.43 Å². The Balaban J connectivity index is 1.55. The highest BCUT2D eigenvalue weighted by molar-refractivity contribution is 7.14. The van der Waals surface area contributed by atoms with Crippen molar-refractivity contribution in [3.63, 3.8) is 0 Å². The molecule has 0 fully saturated rings. The van der Waals surface area contributed by atoms with E-state index in [2.05, 4.69) is 15.5 Å². The Morgan fingerprint density at radius 1 is 1.22 bits per heavy atom. The van der Waals surface area contributed by atoms with Crippen LogP contribution in [0.3, 0.4) is 0 Å². The minimum atomic E-state index is -0.439. The Hall–Kier alpha value is -3.16. The number of thiazole rings is 1. The zero-order valence-corrected chi connectivity index (χ0v) is 15.3. The smallest absolute Gasteiger partial charge is 0.345 e. The Labute approximate surface area is 162 Å². The number of phenolic OH excluding ortho intramolecular Hbond substituents is 1. The number of aromatic nitrogens is 1. The molecule has 0 saturated heterocycles. The molecule has 8 heteroatoms. The molecule has 0 unspecified atom stereocenters. The quantitative estimate of drug-likeness (QED) is 0.295. The summed E-state index contributed by atoms with van der Waals surface area (Å²) >= 11 is 7.08. The lowest BCUT2D eigenvalue weighted by Crippen LogP contribution is -2.02. The summed E-state index contributed by atoms with van der Waals surface area (Å²) in [5, 5.41) is 17.0. The number of nitrogens with one attached hydrogen (secondary N) is 1. The lowest BCUT2D eigenvalue weighted by atomic mass is 10.1. The molecule has 0 bridgehead atoms. The number of hydrogen-bond acceptors (Lipinski definition) is 7. The number of anilines is 1. The first-order valence-electron chi connectivity index (χ1n) is 7.86. The maximum absolute atomic E-state index is 12.2. The zero-order chi connectivity index (χ0) is 18.8. The number of benzene rings is 2. The van der Waals surface area contributed by atoms with E-state index in [0.29, 0.717) is 27.5 Å². The van der Waals surface area contributed by atoms with Gasteiger partial charge in [0.2, 0.25) is 5.13 Å². The van der Waals surface area contributed by atoms with Crippen molar-refractivity contribution in [2.75, 3.05) is 5.43 Å². The molecular formula is C19H12ClN3O3S. The summed E-state index contributed by atoms with van der Waals surface area (Å²) in [6.07, 6.45) is 1.53. The molecule has 0 aliphatic heterocycles. The average molecular weight is 398 g/mol. The molecule has 27 heavy (non-hydrogen) atoms. The molecule has 2 N–H and O–H groups in total.